The lowest BCUT2D eigenvalue weighted by Gasteiger charge is -2.47. The molecule has 0 fully saturated rings. The van der Waals surface area contributed by atoms with Gasteiger partial charge in [0.2, 0.25) is 0 Å². The second-order valence-corrected chi connectivity index (χ2v) is 10.1. The van der Waals surface area contributed by atoms with Crippen molar-refractivity contribution < 1.29 is 13.2 Å². The average Bonchev–Trinajstić information content (AvgIpc) is 2.64. The Morgan fingerprint density at radius 3 is 2.43 bits per heavy atom. The fraction of sp³-hybridized carbons (Fsp3) is 0.462. The molecule has 4 heteroatoms. The summed E-state index contributed by atoms with van der Waals surface area (Å²) >= 11 is 0. The van der Waals surface area contributed by atoms with E-state index in [2.05, 4.69) is 46.0 Å². The molecule has 160 valence electrons. The van der Waals surface area contributed by atoms with Gasteiger partial charge in [0.15, 0.2) is 0 Å². The number of nitrogens with one attached hydrogen (secondary N) is 1. The standard InChI is InChI=1S/C26H30F3N/c1-15-12-16(2)23(25(3,4)5)22(13-15)24-21-8-6-17-14-18(26(27,28)29)7-9-19(17)20(21)10-11-30-24/h6-12,14,16,22-24,30H,13H2,1-5H3. The normalized spacial score (nSPS) is 26.9. The minimum absolute atomic E-state index is 0.145. The van der Waals surface area contributed by atoms with Crippen LogP contribution in [0.4, 0.5) is 13.2 Å². The SMILES string of the molecule is CC1=CC(C)C(C(C)(C)C)C(C2NC=Cc3c2ccc2cc(C(F)(F)F)ccc32)C1. The molecule has 2 aromatic rings. The van der Waals surface area contributed by atoms with E-state index in [0.29, 0.717) is 23.1 Å². The topological polar surface area (TPSA) is 12.0 Å². The van der Waals surface area contributed by atoms with Gasteiger partial charge in [-0.15, -0.1) is 0 Å². The van der Waals surface area contributed by atoms with Crippen molar-refractivity contribution in [3.05, 3.63) is 64.9 Å². The summed E-state index contributed by atoms with van der Waals surface area (Å²) in [4.78, 5) is 0. The molecule has 0 bridgehead atoms. The van der Waals surface area contributed by atoms with Gasteiger partial charge in [0.05, 0.1) is 11.6 Å². The Hall–Kier alpha value is -2.23. The molecule has 4 rings (SSSR count). The van der Waals surface area contributed by atoms with Crippen LogP contribution in [-0.2, 0) is 6.18 Å². The van der Waals surface area contributed by atoms with Crippen molar-refractivity contribution in [3.8, 4) is 0 Å². The van der Waals surface area contributed by atoms with Crippen molar-refractivity contribution >= 4 is 16.8 Å². The fourth-order valence-corrected chi connectivity index (χ4v) is 5.95. The van der Waals surface area contributed by atoms with Crippen molar-refractivity contribution in [3.63, 3.8) is 0 Å². The van der Waals surface area contributed by atoms with Gasteiger partial charge in [-0.3, -0.25) is 0 Å². The Morgan fingerprint density at radius 1 is 1.03 bits per heavy atom. The summed E-state index contributed by atoms with van der Waals surface area (Å²) in [6.45, 7) is 11.5. The largest absolute Gasteiger partial charge is 0.416 e. The summed E-state index contributed by atoms with van der Waals surface area (Å²) in [6.07, 6.45) is 3.09. The molecule has 0 saturated carbocycles. The summed E-state index contributed by atoms with van der Waals surface area (Å²) in [5, 5.41) is 5.12. The van der Waals surface area contributed by atoms with Crippen molar-refractivity contribution in [2.45, 2.75) is 53.3 Å². The fourth-order valence-electron chi connectivity index (χ4n) is 5.95. The predicted octanol–water partition coefficient (Wildman–Crippen LogP) is 7.74. The highest BCUT2D eigenvalue weighted by Crippen LogP contribution is 2.50. The molecule has 4 atom stereocenters. The van der Waals surface area contributed by atoms with Crippen molar-refractivity contribution in [1.82, 2.24) is 5.32 Å². The highest BCUT2D eigenvalue weighted by Gasteiger charge is 2.43. The molecule has 1 aliphatic heterocycles. The molecule has 0 amide bonds. The number of alkyl halides is 3. The number of rotatable bonds is 1. The third kappa shape index (κ3) is 3.66. The molecule has 1 N–H and O–H groups in total. The molecule has 30 heavy (non-hydrogen) atoms. The minimum Gasteiger partial charge on any atom is -0.384 e. The first-order valence-electron chi connectivity index (χ1n) is 10.7. The first-order chi connectivity index (χ1) is 14.0. The third-order valence-corrected chi connectivity index (χ3v) is 6.84. The molecular weight excluding hydrogens is 383 g/mol. The molecule has 0 saturated heterocycles. The maximum Gasteiger partial charge on any atom is 0.416 e. The van der Waals surface area contributed by atoms with E-state index in [-0.39, 0.29) is 11.5 Å². The lowest BCUT2D eigenvalue weighted by atomic mass is 9.60. The van der Waals surface area contributed by atoms with E-state index < -0.39 is 11.7 Å². The van der Waals surface area contributed by atoms with E-state index in [1.54, 1.807) is 6.07 Å². The van der Waals surface area contributed by atoms with Gasteiger partial charge in [-0.2, -0.15) is 13.2 Å². The van der Waals surface area contributed by atoms with Crippen LogP contribution in [0, 0.1) is 23.2 Å². The van der Waals surface area contributed by atoms with Crippen LogP contribution in [0.25, 0.3) is 16.8 Å². The molecule has 2 aromatic carbocycles. The van der Waals surface area contributed by atoms with Crippen LogP contribution in [0.2, 0.25) is 0 Å². The van der Waals surface area contributed by atoms with Gasteiger partial charge >= 0.3 is 6.18 Å². The quantitative estimate of drug-likeness (QED) is 0.472. The Balaban J connectivity index is 1.81. The van der Waals surface area contributed by atoms with Gasteiger partial charge in [0, 0.05) is 0 Å². The van der Waals surface area contributed by atoms with Crippen LogP contribution < -0.4 is 5.32 Å². The molecule has 2 aliphatic rings. The van der Waals surface area contributed by atoms with Crippen LogP contribution in [0.3, 0.4) is 0 Å². The molecule has 1 nitrogen and oxygen atoms in total. The first kappa shape index (κ1) is 21.0. The van der Waals surface area contributed by atoms with E-state index in [9.17, 15) is 13.2 Å². The summed E-state index contributed by atoms with van der Waals surface area (Å²) in [5.41, 5.74) is 3.20. The molecule has 1 aliphatic carbocycles. The zero-order valence-electron chi connectivity index (χ0n) is 18.3. The monoisotopic (exact) mass is 413 g/mol. The predicted molar refractivity (Wildman–Crippen MR) is 118 cm³/mol. The van der Waals surface area contributed by atoms with Gasteiger partial charge in [-0.05, 0) is 82.8 Å². The Bertz CT molecular complexity index is 1020. The van der Waals surface area contributed by atoms with Crippen LogP contribution in [0.1, 0.15) is 63.8 Å². The van der Waals surface area contributed by atoms with E-state index in [0.717, 1.165) is 17.4 Å². The van der Waals surface area contributed by atoms with E-state index >= 15 is 0 Å². The van der Waals surface area contributed by atoms with E-state index in [1.165, 1.54) is 23.3 Å². The number of hydrogen-bond acceptors (Lipinski definition) is 1. The lowest BCUT2D eigenvalue weighted by Crippen LogP contribution is -2.42. The molecule has 0 radical (unpaired) electrons. The molecule has 4 unspecified atom stereocenters. The van der Waals surface area contributed by atoms with Gasteiger partial charge in [0.1, 0.15) is 0 Å². The number of fused-ring (bicyclic) bond motifs is 3. The summed E-state index contributed by atoms with van der Waals surface area (Å²) in [5.74, 6) is 1.40. The van der Waals surface area contributed by atoms with E-state index in [4.69, 9.17) is 0 Å². The summed E-state index contributed by atoms with van der Waals surface area (Å²) in [6, 6.07) is 8.09. The highest BCUT2D eigenvalue weighted by atomic mass is 19.4. The van der Waals surface area contributed by atoms with E-state index in [1.807, 2.05) is 24.4 Å². The van der Waals surface area contributed by atoms with Crippen LogP contribution in [-0.4, -0.2) is 0 Å². The van der Waals surface area contributed by atoms with Gasteiger partial charge < -0.3 is 5.32 Å². The lowest BCUT2D eigenvalue weighted by molar-refractivity contribution is -0.137. The van der Waals surface area contributed by atoms with Crippen molar-refractivity contribution in [2.75, 3.05) is 0 Å². The molecule has 0 spiro atoms. The van der Waals surface area contributed by atoms with Crippen molar-refractivity contribution in [1.29, 1.82) is 0 Å². The minimum atomic E-state index is -4.33. The maximum absolute atomic E-state index is 13.2. The zero-order valence-corrected chi connectivity index (χ0v) is 18.3. The smallest absolute Gasteiger partial charge is 0.384 e. The third-order valence-electron chi connectivity index (χ3n) is 6.84. The van der Waals surface area contributed by atoms with Crippen molar-refractivity contribution in [2.24, 2.45) is 23.2 Å². The molecular formula is C26H30F3N. The summed E-state index contributed by atoms with van der Waals surface area (Å²) < 4.78 is 39.5. The number of allylic oxidation sites excluding steroid dienone is 2. The van der Waals surface area contributed by atoms with Gasteiger partial charge in [0.25, 0.3) is 0 Å². The Labute approximate surface area is 177 Å². The van der Waals surface area contributed by atoms with Gasteiger partial charge in [-0.1, -0.05) is 57.5 Å². The first-order valence-corrected chi connectivity index (χ1v) is 10.7. The number of benzene rings is 2. The van der Waals surface area contributed by atoms with Crippen LogP contribution in [0.5, 0.6) is 0 Å². The van der Waals surface area contributed by atoms with Gasteiger partial charge in [-0.25, -0.2) is 0 Å². The second-order valence-electron chi connectivity index (χ2n) is 10.1. The molecule has 0 aromatic heterocycles. The average molecular weight is 414 g/mol. The van der Waals surface area contributed by atoms with Crippen LogP contribution in [0.15, 0.2) is 48.2 Å². The Morgan fingerprint density at radius 2 is 1.77 bits per heavy atom. The number of halogens is 3. The highest BCUT2D eigenvalue weighted by molar-refractivity contribution is 5.93. The molecule has 1 heterocycles. The number of hydrogen-bond donors (Lipinski definition) is 1. The van der Waals surface area contributed by atoms with Crippen LogP contribution >= 0.6 is 0 Å². The maximum atomic E-state index is 13.2. The second kappa shape index (κ2) is 7.18. The zero-order chi connectivity index (χ0) is 21.8. The Kier molecular flexibility index (Phi) is 5.03. The summed E-state index contributed by atoms with van der Waals surface area (Å²) in [7, 11) is 0.